The topological polar surface area (TPSA) is 55.1 Å². The van der Waals surface area contributed by atoms with Crippen molar-refractivity contribution in [1.82, 2.24) is 0 Å². The number of halogens is 2. The number of hydrogen-bond donors (Lipinski definition) is 2. The first-order chi connectivity index (χ1) is 9.56. The molecule has 0 heterocycles. The molecule has 0 fully saturated rings. The molecule has 2 aromatic rings. The molecule has 0 aromatic heterocycles. The highest BCUT2D eigenvalue weighted by Gasteiger charge is 2.09. The fraction of sp³-hybridized carbons (Fsp3) is 0.0714. The molecule has 3 nitrogen and oxygen atoms in total. The Labute approximate surface area is 135 Å². The predicted octanol–water partition coefficient (Wildman–Crippen LogP) is 4.42. The summed E-state index contributed by atoms with van der Waals surface area (Å²) in [5, 5.41) is 3.38. The lowest BCUT2D eigenvalue weighted by molar-refractivity contribution is -0.113. The highest BCUT2D eigenvalue weighted by atomic mass is 79.9. The van der Waals surface area contributed by atoms with E-state index >= 15 is 0 Å². The third kappa shape index (κ3) is 4.16. The standard InChI is InChI=1S/C14H12BrClN2OS/c15-9-3-1-4-10(7-9)18-13(19)8-20-14-11(16)5-2-6-12(14)17/h1-7H,8,17H2,(H,18,19). The van der Waals surface area contributed by atoms with Crippen LogP contribution in [-0.4, -0.2) is 11.7 Å². The Morgan fingerprint density at radius 3 is 2.75 bits per heavy atom. The summed E-state index contributed by atoms with van der Waals surface area (Å²) in [4.78, 5) is 12.6. The van der Waals surface area contributed by atoms with Crippen molar-refractivity contribution >= 4 is 56.6 Å². The van der Waals surface area contributed by atoms with Crippen molar-refractivity contribution in [2.45, 2.75) is 4.90 Å². The molecule has 104 valence electrons. The van der Waals surface area contributed by atoms with Crippen LogP contribution in [0.4, 0.5) is 11.4 Å². The minimum absolute atomic E-state index is 0.104. The summed E-state index contributed by atoms with van der Waals surface area (Å²) in [5.41, 5.74) is 7.17. The van der Waals surface area contributed by atoms with Crippen molar-refractivity contribution in [3.63, 3.8) is 0 Å². The van der Waals surface area contributed by atoms with E-state index in [9.17, 15) is 4.79 Å². The maximum absolute atomic E-state index is 11.9. The van der Waals surface area contributed by atoms with Gasteiger partial charge in [-0.1, -0.05) is 39.7 Å². The van der Waals surface area contributed by atoms with E-state index in [0.717, 1.165) is 15.1 Å². The zero-order valence-corrected chi connectivity index (χ0v) is 13.6. The maximum atomic E-state index is 11.9. The third-order valence-corrected chi connectivity index (χ3v) is 4.52. The number of hydrogen-bond acceptors (Lipinski definition) is 3. The van der Waals surface area contributed by atoms with E-state index in [1.807, 2.05) is 24.3 Å². The quantitative estimate of drug-likeness (QED) is 0.618. The van der Waals surface area contributed by atoms with Gasteiger partial charge in [0.2, 0.25) is 5.91 Å². The smallest absolute Gasteiger partial charge is 0.234 e. The van der Waals surface area contributed by atoms with E-state index < -0.39 is 0 Å². The van der Waals surface area contributed by atoms with E-state index in [4.69, 9.17) is 17.3 Å². The second-order valence-electron chi connectivity index (χ2n) is 4.01. The molecule has 0 spiro atoms. The van der Waals surface area contributed by atoms with E-state index in [0.29, 0.717) is 10.7 Å². The Balaban J connectivity index is 1.96. The Morgan fingerprint density at radius 2 is 2.05 bits per heavy atom. The molecule has 0 saturated heterocycles. The second kappa shape index (κ2) is 7.02. The van der Waals surface area contributed by atoms with Gasteiger partial charge in [0.1, 0.15) is 0 Å². The normalized spacial score (nSPS) is 10.3. The number of rotatable bonds is 4. The molecule has 0 aliphatic carbocycles. The van der Waals surface area contributed by atoms with Gasteiger partial charge in [-0.25, -0.2) is 0 Å². The van der Waals surface area contributed by atoms with Gasteiger partial charge >= 0.3 is 0 Å². The number of nitrogens with one attached hydrogen (secondary N) is 1. The van der Waals surface area contributed by atoms with Gasteiger partial charge in [0, 0.05) is 20.7 Å². The molecule has 0 aliphatic rings. The number of anilines is 2. The summed E-state index contributed by atoms with van der Waals surface area (Å²) in [6.45, 7) is 0. The van der Waals surface area contributed by atoms with E-state index in [1.54, 1.807) is 18.2 Å². The average Bonchev–Trinajstić information content (AvgIpc) is 2.38. The monoisotopic (exact) mass is 370 g/mol. The van der Waals surface area contributed by atoms with Crippen LogP contribution in [0.25, 0.3) is 0 Å². The van der Waals surface area contributed by atoms with Crippen molar-refractivity contribution in [3.8, 4) is 0 Å². The van der Waals surface area contributed by atoms with Crippen LogP contribution >= 0.6 is 39.3 Å². The first kappa shape index (κ1) is 15.2. The molecule has 0 atom stereocenters. The fourth-order valence-corrected chi connectivity index (χ4v) is 3.11. The van der Waals surface area contributed by atoms with E-state index in [2.05, 4.69) is 21.2 Å². The summed E-state index contributed by atoms with van der Waals surface area (Å²) < 4.78 is 0.915. The highest BCUT2D eigenvalue weighted by molar-refractivity contribution is 9.10. The number of nitrogen functional groups attached to an aromatic ring is 1. The minimum Gasteiger partial charge on any atom is -0.398 e. The van der Waals surface area contributed by atoms with Crippen LogP contribution in [0.1, 0.15) is 0 Å². The summed E-state index contributed by atoms with van der Waals surface area (Å²) >= 11 is 10.7. The van der Waals surface area contributed by atoms with E-state index in [1.165, 1.54) is 11.8 Å². The first-order valence-electron chi connectivity index (χ1n) is 5.78. The number of amides is 1. The van der Waals surface area contributed by atoms with Crippen LogP contribution in [0.5, 0.6) is 0 Å². The molecule has 2 aromatic carbocycles. The zero-order chi connectivity index (χ0) is 14.5. The Kier molecular flexibility index (Phi) is 5.34. The summed E-state index contributed by atoms with van der Waals surface area (Å²) in [5.74, 6) is 0.146. The zero-order valence-electron chi connectivity index (χ0n) is 10.4. The Bertz CT molecular complexity index is 616. The van der Waals surface area contributed by atoms with Crippen molar-refractivity contribution in [1.29, 1.82) is 0 Å². The van der Waals surface area contributed by atoms with Gasteiger partial charge in [-0.2, -0.15) is 0 Å². The van der Waals surface area contributed by atoms with Crippen LogP contribution in [0.15, 0.2) is 51.8 Å². The van der Waals surface area contributed by atoms with Gasteiger partial charge < -0.3 is 11.1 Å². The van der Waals surface area contributed by atoms with Gasteiger partial charge in [-0.15, -0.1) is 11.8 Å². The van der Waals surface area contributed by atoms with Gasteiger partial charge in [-0.05, 0) is 30.3 Å². The molecule has 0 radical (unpaired) electrons. The largest absolute Gasteiger partial charge is 0.398 e. The van der Waals surface area contributed by atoms with E-state index in [-0.39, 0.29) is 11.7 Å². The van der Waals surface area contributed by atoms with Crippen LogP contribution in [0.3, 0.4) is 0 Å². The molecule has 0 saturated carbocycles. The molecule has 3 N–H and O–H groups in total. The molecule has 6 heteroatoms. The second-order valence-corrected chi connectivity index (χ2v) is 6.31. The number of thioether (sulfide) groups is 1. The number of nitrogens with two attached hydrogens (primary N) is 1. The van der Waals surface area contributed by atoms with Crippen molar-refractivity contribution in [2.24, 2.45) is 0 Å². The Morgan fingerprint density at radius 1 is 1.30 bits per heavy atom. The van der Waals surface area contributed by atoms with Crippen LogP contribution in [0.2, 0.25) is 5.02 Å². The van der Waals surface area contributed by atoms with Crippen molar-refractivity contribution in [3.05, 3.63) is 52.0 Å². The van der Waals surface area contributed by atoms with Crippen LogP contribution < -0.4 is 11.1 Å². The molecule has 2 rings (SSSR count). The molecule has 20 heavy (non-hydrogen) atoms. The molecule has 0 unspecified atom stereocenters. The molecule has 1 amide bonds. The maximum Gasteiger partial charge on any atom is 0.234 e. The highest BCUT2D eigenvalue weighted by Crippen LogP contribution is 2.32. The molecular formula is C14H12BrClN2OS. The molecular weight excluding hydrogens is 360 g/mol. The van der Waals surface area contributed by atoms with Crippen molar-refractivity contribution in [2.75, 3.05) is 16.8 Å². The van der Waals surface area contributed by atoms with Gasteiger partial charge in [0.05, 0.1) is 10.8 Å². The van der Waals surface area contributed by atoms with Gasteiger partial charge in [-0.3, -0.25) is 4.79 Å². The summed E-state index contributed by atoms with van der Waals surface area (Å²) in [6, 6.07) is 12.7. The van der Waals surface area contributed by atoms with Crippen LogP contribution in [0, 0.1) is 0 Å². The third-order valence-electron chi connectivity index (χ3n) is 2.45. The molecule has 0 aliphatic heterocycles. The predicted molar refractivity (Wildman–Crippen MR) is 89.4 cm³/mol. The SMILES string of the molecule is Nc1cccc(Cl)c1SCC(=O)Nc1cccc(Br)c1. The lowest BCUT2D eigenvalue weighted by atomic mass is 10.3. The minimum atomic E-state index is -0.104. The van der Waals surface area contributed by atoms with Crippen molar-refractivity contribution < 1.29 is 4.79 Å². The summed E-state index contributed by atoms with van der Waals surface area (Å²) in [7, 11) is 0. The number of carbonyl (C=O) groups excluding carboxylic acids is 1. The van der Waals surface area contributed by atoms with Gasteiger partial charge in [0.25, 0.3) is 0 Å². The number of benzene rings is 2. The first-order valence-corrected chi connectivity index (χ1v) is 7.94. The van der Waals surface area contributed by atoms with Crippen LogP contribution in [-0.2, 0) is 4.79 Å². The average molecular weight is 372 g/mol. The number of carbonyl (C=O) groups is 1. The summed E-state index contributed by atoms with van der Waals surface area (Å²) in [6.07, 6.45) is 0. The lowest BCUT2D eigenvalue weighted by Gasteiger charge is -2.08. The molecule has 0 bridgehead atoms. The Hall–Kier alpha value is -1.17. The fourth-order valence-electron chi connectivity index (χ4n) is 1.58. The van der Waals surface area contributed by atoms with Gasteiger partial charge in [0.15, 0.2) is 0 Å². The lowest BCUT2D eigenvalue weighted by Crippen LogP contribution is -2.14.